The Morgan fingerprint density at radius 2 is 1.74 bits per heavy atom. The molecule has 0 unspecified atom stereocenters. The predicted molar refractivity (Wildman–Crippen MR) is 134 cm³/mol. The summed E-state index contributed by atoms with van der Waals surface area (Å²) >= 11 is 0. The van der Waals surface area contributed by atoms with Gasteiger partial charge in [-0.05, 0) is 57.0 Å². The highest BCUT2D eigenvalue weighted by molar-refractivity contribution is 7.92. The minimum atomic E-state index is -3.77. The molecule has 0 bridgehead atoms. The van der Waals surface area contributed by atoms with Crippen LogP contribution in [0.4, 0.5) is 5.69 Å². The Hall–Kier alpha value is -3.07. The van der Waals surface area contributed by atoms with Crippen molar-refractivity contribution in [2.45, 2.75) is 52.7 Å². The van der Waals surface area contributed by atoms with Crippen LogP contribution in [-0.2, 0) is 26.2 Å². The first-order chi connectivity index (χ1) is 16.0. The zero-order valence-electron chi connectivity index (χ0n) is 20.7. The zero-order valence-corrected chi connectivity index (χ0v) is 21.6. The van der Waals surface area contributed by atoms with Crippen LogP contribution in [0.25, 0.3) is 0 Å². The zero-order chi connectivity index (χ0) is 25.5. The number of benzene rings is 2. The van der Waals surface area contributed by atoms with Gasteiger partial charge in [0, 0.05) is 12.6 Å². The third-order valence-corrected chi connectivity index (χ3v) is 6.43. The fraction of sp³-hybridized carbons (Fsp3) is 0.440. The highest BCUT2D eigenvalue weighted by atomic mass is 32.2. The number of anilines is 1. The third-order valence-electron chi connectivity index (χ3n) is 5.29. The molecule has 0 radical (unpaired) electrons. The number of hydrogen-bond acceptors (Lipinski definition) is 5. The second kappa shape index (κ2) is 11.9. The molecular weight excluding hydrogens is 454 g/mol. The van der Waals surface area contributed by atoms with E-state index >= 15 is 0 Å². The van der Waals surface area contributed by atoms with E-state index in [9.17, 15) is 18.0 Å². The van der Waals surface area contributed by atoms with Crippen LogP contribution in [-0.4, -0.2) is 57.1 Å². The van der Waals surface area contributed by atoms with E-state index in [1.165, 1.54) is 12.0 Å². The standard InChI is InChI=1S/C25H35N3O5S/c1-7-23(25(30)26-18(2)3)27(16-20-10-8-9-19(4)15-20)24(29)17-28(34(6,31)32)21-11-13-22(33-5)14-12-21/h8-15,18,23H,7,16-17H2,1-6H3,(H,26,30)/t23-/m1/s1. The van der Waals surface area contributed by atoms with Crippen molar-refractivity contribution >= 4 is 27.5 Å². The number of ether oxygens (including phenoxy) is 1. The van der Waals surface area contributed by atoms with Crippen molar-refractivity contribution in [3.63, 3.8) is 0 Å². The number of amides is 2. The van der Waals surface area contributed by atoms with E-state index in [2.05, 4.69) is 5.32 Å². The number of nitrogens with one attached hydrogen (secondary N) is 1. The van der Waals surface area contributed by atoms with Gasteiger partial charge >= 0.3 is 0 Å². The highest BCUT2D eigenvalue weighted by Crippen LogP contribution is 2.22. The Balaban J connectivity index is 2.43. The molecule has 0 aliphatic carbocycles. The quantitative estimate of drug-likeness (QED) is 0.523. The number of sulfonamides is 1. The van der Waals surface area contributed by atoms with Gasteiger partial charge in [0.05, 0.1) is 19.1 Å². The van der Waals surface area contributed by atoms with Gasteiger partial charge in [-0.15, -0.1) is 0 Å². The third kappa shape index (κ3) is 7.48. The molecule has 1 atom stereocenters. The number of aryl methyl sites for hydroxylation is 1. The molecule has 2 aromatic rings. The van der Waals surface area contributed by atoms with Crippen molar-refractivity contribution in [3.8, 4) is 5.75 Å². The molecule has 8 nitrogen and oxygen atoms in total. The maximum atomic E-state index is 13.6. The summed E-state index contributed by atoms with van der Waals surface area (Å²) in [6.07, 6.45) is 1.44. The van der Waals surface area contributed by atoms with Crippen LogP contribution < -0.4 is 14.4 Å². The summed E-state index contributed by atoms with van der Waals surface area (Å²) in [4.78, 5) is 28.0. The van der Waals surface area contributed by atoms with Gasteiger partial charge < -0.3 is 15.0 Å². The molecule has 0 heterocycles. The van der Waals surface area contributed by atoms with Gasteiger partial charge in [0.25, 0.3) is 0 Å². The largest absolute Gasteiger partial charge is 0.497 e. The van der Waals surface area contributed by atoms with Gasteiger partial charge in [-0.3, -0.25) is 13.9 Å². The number of nitrogens with zero attached hydrogens (tertiary/aromatic N) is 2. The number of hydrogen-bond donors (Lipinski definition) is 1. The van der Waals surface area contributed by atoms with E-state index in [-0.39, 0.29) is 18.5 Å². The lowest BCUT2D eigenvalue weighted by atomic mass is 10.1. The summed E-state index contributed by atoms with van der Waals surface area (Å²) in [6.45, 7) is 7.25. The van der Waals surface area contributed by atoms with Crippen molar-refractivity contribution in [2.24, 2.45) is 0 Å². The van der Waals surface area contributed by atoms with Crippen LogP contribution in [0, 0.1) is 6.92 Å². The average Bonchev–Trinajstić information content (AvgIpc) is 2.76. The summed E-state index contributed by atoms with van der Waals surface area (Å²) in [5, 5.41) is 2.88. The highest BCUT2D eigenvalue weighted by Gasteiger charge is 2.32. The molecule has 0 aliphatic heterocycles. The summed E-state index contributed by atoms with van der Waals surface area (Å²) in [5.41, 5.74) is 2.23. The minimum Gasteiger partial charge on any atom is -0.497 e. The topological polar surface area (TPSA) is 96.0 Å². The molecule has 0 saturated heterocycles. The van der Waals surface area contributed by atoms with Crippen molar-refractivity contribution in [3.05, 3.63) is 59.7 Å². The minimum absolute atomic E-state index is 0.0933. The summed E-state index contributed by atoms with van der Waals surface area (Å²) in [5.74, 6) is -0.164. The van der Waals surface area contributed by atoms with Gasteiger partial charge in [0.15, 0.2) is 0 Å². The number of rotatable bonds is 11. The SMILES string of the molecule is CC[C@H](C(=O)NC(C)C)N(Cc1cccc(C)c1)C(=O)CN(c1ccc(OC)cc1)S(C)(=O)=O. The smallest absolute Gasteiger partial charge is 0.244 e. The Labute approximate surface area is 202 Å². The summed E-state index contributed by atoms with van der Waals surface area (Å²) < 4.78 is 31.4. The van der Waals surface area contributed by atoms with Gasteiger partial charge in [0.1, 0.15) is 18.3 Å². The van der Waals surface area contributed by atoms with Crippen LogP contribution >= 0.6 is 0 Å². The van der Waals surface area contributed by atoms with E-state index in [1.807, 2.05) is 52.0 Å². The number of carbonyl (C=O) groups excluding carboxylic acids is 2. The first kappa shape index (κ1) is 27.2. The Morgan fingerprint density at radius 3 is 2.24 bits per heavy atom. The van der Waals surface area contributed by atoms with E-state index in [4.69, 9.17) is 4.74 Å². The molecule has 34 heavy (non-hydrogen) atoms. The van der Waals surface area contributed by atoms with Crippen LogP contribution in [0.3, 0.4) is 0 Å². The van der Waals surface area contributed by atoms with E-state index in [0.717, 1.165) is 21.7 Å². The molecule has 186 valence electrons. The van der Waals surface area contributed by atoms with Crippen molar-refractivity contribution < 1.29 is 22.7 Å². The molecule has 0 aliphatic rings. The van der Waals surface area contributed by atoms with Gasteiger partial charge in [0.2, 0.25) is 21.8 Å². The molecule has 2 rings (SSSR count). The molecule has 2 amide bonds. The normalized spacial score (nSPS) is 12.2. The summed E-state index contributed by atoms with van der Waals surface area (Å²) in [6, 6.07) is 13.3. The molecule has 0 spiro atoms. The van der Waals surface area contributed by atoms with Crippen molar-refractivity contribution in [2.75, 3.05) is 24.2 Å². The lowest BCUT2D eigenvalue weighted by Gasteiger charge is -2.33. The molecule has 0 aromatic heterocycles. The lowest BCUT2D eigenvalue weighted by molar-refractivity contribution is -0.140. The van der Waals surface area contributed by atoms with Crippen LogP contribution in [0.5, 0.6) is 5.75 Å². The van der Waals surface area contributed by atoms with Gasteiger partial charge in [-0.25, -0.2) is 8.42 Å². The molecule has 1 N–H and O–H groups in total. The Bertz CT molecular complexity index is 1080. The maximum Gasteiger partial charge on any atom is 0.244 e. The van der Waals surface area contributed by atoms with E-state index < -0.39 is 28.5 Å². The van der Waals surface area contributed by atoms with Crippen LogP contribution in [0.15, 0.2) is 48.5 Å². The predicted octanol–water partition coefficient (Wildman–Crippen LogP) is 3.10. The average molecular weight is 490 g/mol. The second-order valence-corrected chi connectivity index (χ2v) is 10.5. The van der Waals surface area contributed by atoms with E-state index in [1.54, 1.807) is 24.3 Å². The van der Waals surface area contributed by atoms with Crippen molar-refractivity contribution in [1.82, 2.24) is 10.2 Å². The van der Waals surface area contributed by atoms with Gasteiger partial charge in [-0.1, -0.05) is 36.8 Å². The van der Waals surface area contributed by atoms with Crippen LogP contribution in [0.2, 0.25) is 0 Å². The fourth-order valence-corrected chi connectivity index (χ4v) is 4.52. The molecule has 0 fully saturated rings. The first-order valence-corrected chi connectivity index (χ1v) is 13.1. The number of carbonyl (C=O) groups is 2. The fourth-order valence-electron chi connectivity index (χ4n) is 3.67. The Kier molecular flexibility index (Phi) is 9.49. The van der Waals surface area contributed by atoms with Gasteiger partial charge in [-0.2, -0.15) is 0 Å². The summed E-state index contributed by atoms with van der Waals surface area (Å²) in [7, 11) is -2.26. The monoisotopic (exact) mass is 489 g/mol. The second-order valence-electron chi connectivity index (χ2n) is 8.57. The first-order valence-electron chi connectivity index (χ1n) is 11.2. The van der Waals surface area contributed by atoms with Crippen molar-refractivity contribution in [1.29, 1.82) is 0 Å². The maximum absolute atomic E-state index is 13.6. The van der Waals surface area contributed by atoms with Crippen LogP contribution in [0.1, 0.15) is 38.3 Å². The van der Waals surface area contributed by atoms with E-state index in [0.29, 0.717) is 17.9 Å². The molecule has 9 heteroatoms. The molecular formula is C25H35N3O5S. The molecule has 2 aromatic carbocycles. The Morgan fingerprint density at radius 1 is 1.09 bits per heavy atom. The number of methoxy groups -OCH3 is 1. The molecule has 0 saturated carbocycles. The lowest BCUT2D eigenvalue weighted by Crippen LogP contribution is -2.53.